The van der Waals surface area contributed by atoms with E-state index in [1.165, 1.54) is 32.1 Å². The summed E-state index contributed by atoms with van der Waals surface area (Å²) in [7, 11) is 4.14. The van der Waals surface area contributed by atoms with Gasteiger partial charge in [-0.25, -0.2) is 0 Å². The smallest absolute Gasteiger partial charge is 0.0215 e. The quantitative estimate of drug-likeness (QED) is 0.652. The van der Waals surface area contributed by atoms with Gasteiger partial charge in [0.15, 0.2) is 0 Å². The fraction of sp³-hybridized carbons (Fsp3) is 1.00. The van der Waals surface area contributed by atoms with E-state index < -0.39 is 0 Å². The summed E-state index contributed by atoms with van der Waals surface area (Å²) in [5.74, 6) is 0.904. The Hall–Kier alpha value is -0.0800. The second-order valence-electron chi connectivity index (χ2n) is 4.21. The van der Waals surface area contributed by atoms with E-state index in [4.69, 9.17) is 0 Å². The molecule has 72 valence electrons. The van der Waals surface area contributed by atoms with E-state index in [1.807, 2.05) is 0 Å². The van der Waals surface area contributed by atoms with Crippen LogP contribution in [0.15, 0.2) is 0 Å². The third kappa shape index (κ3) is 3.11. The maximum absolute atomic E-state index is 3.45. The number of rotatable bonds is 3. The molecule has 2 heteroatoms. The van der Waals surface area contributed by atoms with Crippen LogP contribution in [0, 0.1) is 5.92 Å². The molecule has 1 aliphatic carbocycles. The molecule has 0 spiro atoms. The Labute approximate surface area is 76.3 Å². The Morgan fingerprint density at radius 2 is 1.75 bits per heavy atom. The predicted molar refractivity (Wildman–Crippen MR) is 52.9 cm³/mol. The van der Waals surface area contributed by atoms with Crippen molar-refractivity contribution in [2.45, 2.75) is 45.1 Å². The van der Waals surface area contributed by atoms with Gasteiger partial charge in [0.2, 0.25) is 0 Å². The van der Waals surface area contributed by atoms with Crippen molar-refractivity contribution in [3.63, 3.8) is 0 Å². The number of nitrogens with zero attached hydrogens (tertiary/aromatic N) is 1. The molecule has 0 saturated heterocycles. The van der Waals surface area contributed by atoms with Crippen molar-refractivity contribution >= 4 is 0 Å². The maximum Gasteiger partial charge on any atom is 0.0215 e. The predicted octanol–water partition coefficient (Wildman–Crippen LogP) is 2.02. The Morgan fingerprint density at radius 3 is 2.25 bits per heavy atom. The van der Waals surface area contributed by atoms with Gasteiger partial charge in [0.1, 0.15) is 0 Å². The molecular formula is C10H22N2. The topological polar surface area (TPSA) is 15.3 Å². The van der Waals surface area contributed by atoms with Gasteiger partial charge in [-0.1, -0.05) is 19.3 Å². The second kappa shape index (κ2) is 4.83. The lowest BCUT2D eigenvalue weighted by Gasteiger charge is -2.30. The molecule has 0 radical (unpaired) electrons. The van der Waals surface area contributed by atoms with E-state index in [9.17, 15) is 0 Å². The first-order valence-electron chi connectivity index (χ1n) is 5.13. The number of hydrogen-bond donors (Lipinski definition) is 1. The van der Waals surface area contributed by atoms with Crippen molar-refractivity contribution in [3.05, 3.63) is 0 Å². The summed E-state index contributed by atoms with van der Waals surface area (Å²) < 4.78 is 0. The van der Waals surface area contributed by atoms with E-state index >= 15 is 0 Å². The van der Waals surface area contributed by atoms with Crippen LogP contribution in [-0.4, -0.2) is 25.1 Å². The average molecular weight is 170 g/mol. The second-order valence-corrected chi connectivity index (χ2v) is 4.21. The molecule has 0 aromatic heterocycles. The van der Waals surface area contributed by atoms with Crippen LogP contribution < -0.4 is 5.43 Å². The van der Waals surface area contributed by atoms with Gasteiger partial charge in [0.05, 0.1) is 0 Å². The lowest BCUT2D eigenvalue weighted by molar-refractivity contribution is 0.179. The van der Waals surface area contributed by atoms with Crippen molar-refractivity contribution in [2.24, 2.45) is 5.92 Å². The first-order chi connectivity index (χ1) is 5.70. The molecule has 0 aromatic rings. The summed E-state index contributed by atoms with van der Waals surface area (Å²) in [6, 6.07) is 0.653. The van der Waals surface area contributed by atoms with Crippen molar-refractivity contribution in [3.8, 4) is 0 Å². The van der Waals surface area contributed by atoms with Crippen molar-refractivity contribution in [2.75, 3.05) is 14.1 Å². The highest BCUT2D eigenvalue weighted by Crippen LogP contribution is 2.26. The maximum atomic E-state index is 3.45. The molecule has 0 aliphatic heterocycles. The van der Waals surface area contributed by atoms with E-state index in [2.05, 4.69) is 31.5 Å². The lowest BCUT2D eigenvalue weighted by Crippen LogP contribution is -2.42. The van der Waals surface area contributed by atoms with Crippen LogP contribution in [0.25, 0.3) is 0 Å². The zero-order valence-electron chi connectivity index (χ0n) is 8.64. The fourth-order valence-electron chi connectivity index (χ4n) is 2.15. The minimum absolute atomic E-state index is 0.653. The SMILES string of the molecule is CC(NN(C)C)C1CCCCC1. The molecule has 0 amide bonds. The van der Waals surface area contributed by atoms with E-state index in [0.717, 1.165) is 5.92 Å². The minimum Gasteiger partial charge on any atom is -0.253 e. The molecule has 1 fully saturated rings. The number of hydrogen-bond acceptors (Lipinski definition) is 2. The van der Waals surface area contributed by atoms with Gasteiger partial charge in [-0.3, -0.25) is 10.4 Å². The summed E-state index contributed by atoms with van der Waals surface area (Å²) in [5.41, 5.74) is 3.45. The van der Waals surface area contributed by atoms with Crippen LogP contribution in [0.4, 0.5) is 0 Å². The normalized spacial score (nSPS) is 23.0. The monoisotopic (exact) mass is 170 g/mol. The van der Waals surface area contributed by atoms with Gasteiger partial charge in [-0.05, 0) is 25.7 Å². The summed E-state index contributed by atoms with van der Waals surface area (Å²) in [6.07, 6.45) is 7.16. The Bertz CT molecular complexity index is 117. The highest BCUT2D eigenvalue weighted by atomic mass is 15.5. The largest absolute Gasteiger partial charge is 0.253 e. The van der Waals surface area contributed by atoms with Crippen LogP contribution in [0.2, 0.25) is 0 Å². The first-order valence-corrected chi connectivity index (χ1v) is 5.13. The molecule has 1 N–H and O–H groups in total. The van der Waals surface area contributed by atoms with E-state index in [1.54, 1.807) is 0 Å². The highest BCUT2D eigenvalue weighted by Gasteiger charge is 2.19. The Balaban J connectivity index is 2.24. The summed E-state index contributed by atoms with van der Waals surface area (Å²) >= 11 is 0. The van der Waals surface area contributed by atoms with Gasteiger partial charge in [0, 0.05) is 20.1 Å². The van der Waals surface area contributed by atoms with Gasteiger partial charge in [-0.2, -0.15) is 0 Å². The van der Waals surface area contributed by atoms with Crippen molar-refractivity contribution < 1.29 is 0 Å². The minimum atomic E-state index is 0.653. The molecule has 1 saturated carbocycles. The summed E-state index contributed by atoms with van der Waals surface area (Å²) in [5, 5.41) is 2.07. The van der Waals surface area contributed by atoms with Crippen LogP contribution in [0.5, 0.6) is 0 Å². The highest BCUT2D eigenvalue weighted by molar-refractivity contribution is 4.74. The fourth-order valence-corrected chi connectivity index (χ4v) is 2.15. The van der Waals surface area contributed by atoms with Gasteiger partial charge < -0.3 is 0 Å². The molecule has 1 aliphatic rings. The van der Waals surface area contributed by atoms with Crippen LogP contribution in [0.3, 0.4) is 0 Å². The Kier molecular flexibility index (Phi) is 4.02. The van der Waals surface area contributed by atoms with Crippen LogP contribution >= 0.6 is 0 Å². The summed E-state index contributed by atoms with van der Waals surface area (Å²) in [4.78, 5) is 0. The van der Waals surface area contributed by atoms with Crippen LogP contribution in [-0.2, 0) is 0 Å². The molecule has 0 bridgehead atoms. The zero-order valence-corrected chi connectivity index (χ0v) is 8.64. The van der Waals surface area contributed by atoms with Gasteiger partial charge >= 0.3 is 0 Å². The molecule has 0 aromatic carbocycles. The molecule has 1 atom stereocenters. The van der Waals surface area contributed by atoms with E-state index in [-0.39, 0.29) is 0 Å². The summed E-state index contributed by atoms with van der Waals surface area (Å²) in [6.45, 7) is 2.30. The molecule has 2 nitrogen and oxygen atoms in total. The molecule has 1 unspecified atom stereocenters. The zero-order chi connectivity index (χ0) is 8.97. The number of nitrogens with one attached hydrogen (secondary N) is 1. The lowest BCUT2D eigenvalue weighted by atomic mass is 9.85. The van der Waals surface area contributed by atoms with Crippen LogP contribution in [0.1, 0.15) is 39.0 Å². The Morgan fingerprint density at radius 1 is 1.17 bits per heavy atom. The molecule has 12 heavy (non-hydrogen) atoms. The standard InChI is InChI=1S/C10H22N2/c1-9(11-12(2)3)10-7-5-4-6-8-10/h9-11H,4-8H2,1-3H3. The number of hydrazine groups is 1. The van der Waals surface area contributed by atoms with Gasteiger partial charge in [0.25, 0.3) is 0 Å². The van der Waals surface area contributed by atoms with Crippen molar-refractivity contribution in [1.82, 2.24) is 10.4 Å². The first kappa shape index (κ1) is 10.0. The third-order valence-electron chi connectivity index (χ3n) is 2.82. The van der Waals surface area contributed by atoms with Crippen molar-refractivity contribution in [1.29, 1.82) is 0 Å². The van der Waals surface area contributed by atoms with Gasteiger partial charge in [-0.15, -0.1) is 0 Å². The molecular weight excluding hydrogens is 148 g/mol. The average Bonchev–Trinajstić information content (AvgIpc) is 2.05. The molecule has 1 rings (SSSR count). The third-order valence-corrected chi connectivity index (χ3v) is 2.82. The van der Waals surface area contributed by atoms with E-state index in [0.29, 0.717) is 6.04 Å². The molecule has 0 heterocycles.